The zero-order valence-electron chi connectivity index (χ0n) is 20.6. The van der Waals surface area contributed by atoms with Crippen LogP contribution in [0.2, 0.25) is 5.02 Å². The molecule has 0 amide bonds. The van der Waals surface area contributed by atoms with Crippen molar-refractivity contribution in [2.75, 3.05) is 0 Å². The van der Waals surface area contributed by atoms with Crippen molar-refractivity contribution in [3.8, 4) is 5.75 Å². The summed E-state index contributed by atoms with van der Waals surface area (Å²) in [6, 6.07) is 13.6. The maximum absolute atomic E-state index is 11.0. The number of benzene rings is 2. The SMILES string of the molecule is CC(C)(C)c1cc(Cc2nc3cc(Cl)cc(/C=C/c4ccccn4)c3o2)cc(C(C)(C)C)c1O. The quantitative estimate of drug-likeness (QED) is 0.326. The summed E-state index contributed by atoms with van der Waals surface area (Å²) < 4.78 is 6.22. The average Bonchev–Trinajstić information content (AvgIpc) is 3.14. The largest absolute Gasteiger partial charge is 0.507 e. The molecule has 2 heterocycles. The minimum Gasteiger partial charge on any atom is -0.507 e. The van der Waals surface area contributed by atoms with Crippen LogP contribution in [-0.2, 0) is 17.3 Å². The molecule has 0 saturated carbocycles. The van der Waals surface area contributed by atoms with E-state index in [-0.39, 0.29) is 10.8 Å². The lowest BCUT2D eigenvalue weighted by molar-refractivity contribution is 0.422. The standard InChI is InChI=1S/C29H31ClN2O2/c1-28(2,3)22-13-18(14-23(26(22)33)29(4,5)6)15-25-32-24-17-20(30)16-19(27(24)34-25)10-11-21-9-7-8-12-31-21/h7-14,16-17,33H,15H2,1-6H3/b11-10+. The Morgan fingerprint density at radius 3 is 2.21 bits per heavy atom. The molecule has 0 unspecified atom stereocenters. The fourth-order valence-electron chi connectivity index (χ4n) is 4.03. The Kier molecular flexibility index (Phi) is 6.30. The van der Waals surface area contributed by atoms with E-state index in [9.17, 15) is 5.11 Å². The molecule has 4 aromatic rings. The number of nitrogens with zero attached hydrogens (tertiary/aromatic N) is 2. The van der Waals surface area contributed by atoms with Crippen LogP contribution in [0.1, 0.15) is 75.4 Å². The number of phenols is 1. The molecule has 0 aliphatic carbocycles. The average molecular weight is 475 g/mol. The molecule has 2 aromatic heterocycles. The van der Waals surface area contributed by atoms with Crippen molar-refractivity contribution in [3.63, 3.8) is 0 Å². The van der Waals surface area contributed by atoms with E-state index < -0.39 is 0 Å². The van der Waals surface area contributed by atoms with Crippen LogP contribution in [0.5, 0.6) is 5.75 Å². The van der Waals surface area contributed by atoms with Gasteiger partial charge < -0.3 is 9.52 Å². The third-order valence-corrected chi connectivity index (χ3v) is 6.01. The van der Waals surface area contributed by atoms with Gasteiger partial charge in [-0.2, -0.15) is 0 Å². The molecule has 4 nitrogen and oxygen atoms in total. The van der Waals surface area contributed by atoms with E-state index in [1.165, 1.54) is 0 Å². The fraction of sp³-hybridized carbons (Fsp3) is 0.310. The van der Waals surface area contributed by atoms with Crippen LogP contribution in [0.3, 0.4) is 0 Å². The molecule has 34 heavy (non-hydrogen) atoms. The molecular formula is C29H31ClN2O2. The Morgan fingerprint density at radius 2 is 1.62 bits per heavy atom. The third kappa shape index (κ3) is 5.18. The number of hydrogen-bond donors (Lipinski definition) is 1. The van der Waals surface area contributed by atoms with Crippen LogP contribution in [0.15, 0.2) is 53.1 Å². The molecule has 0 aliphatic heterocycles. The zero-order chi connectivity index (χ0) is 24.7. The van der Waals surface area contributed by atoms with Gasteiger partial charge in [0.15, 0.2) is 11.5 Å². The lowest BCUT2D eigenvalue weighted by atomic mass is 9.78. The van der Waals surface area contributed by atoms with Crippen molar-refractivity contribution in [1.82, 2.24) is 9.97 Å². The molecule has 1 N–H and O–H groups in total. The Morgan fingerprint density at radius 1 is 0.941 bits per heavy atom. The highest BCUT2D eigenvalue weighted by Gasteiger charge is 2.27. The molecule has 0 spiro atoms. The van der Waals surface area contributed by atoms with Crippen molar-refractivity contribution >= 4 is 34.9 Å². The molecule has 5 heteroatoms. The van der Waals surface area contributed by atoms with E-state index in [1.807, 2.05) is 42.5 Å². The number of aromatic hydroxyl groups is 1. The Labute approximate surface area is 206 Å². The summed E-state index contributed by atoms with van der Waals surface area (Å²) in [5, 5.41) is 11.6. The molecule has 0 radical (unpaired) electrons. The molecule has 2 aromatic carbocycles. The van der Waals surface area contributed by atoms with Crippen molar-refractivity contribution < 1.29 is 9.52 Å². The van der Waals surface area contributed by atoms with E-state index >= 15 is 0 Å². The summed E-state index contributed by atoms with van der Waals surface area (Å²) in [5.41, 5.74) is 5.62. The summed E-state index contributed by atoms with van der Waals surface area (Å²) in [6.07, 6.45) is 6.15. The van der Waals surface area contributed by atoms with Gasteiger partial charge in [0.05, 0.1) is 5.69 Å². The van der Waals surface area contributed by atoms with Gasteiger partial charge in [-0.1, -0.05) is 71.3 Å². The number of fused-ring (bicyclic) bond motifs is 1. The number of rotatable bonds is 4. The molecule has 0 fully saturated rings. The van der Waals surface area contributed by atoms with E-state index in [4.69, 9.17) is 21.0 Å². The first-order valence-corrected chi connectivity index (χ1v) is 11.8. The molecule has 0 atom stereocenters. The van der Waals surface area contributed by atoms with Crippen LogP contribution in [0.4, 0.5) is 0 Å². The lowest BCUT2D eigenvalue weighted by Gasteiger charge is -2.28. The van der Waals surface area contributed by atoms with Gasteiger partial charge >= 0.3 is 0 Å². The summed E-state index contributed by atoms with van der Waals surface area (Å²) in [6.45, 7) is 12.7. The number of phenolic OH excluding ortho intramolecular Hbond substituents is 1. The Bertz CT molecular complexity index is 1320. The molecule has 176 valence electrons. The summed E-state index contributed by atoms with van der Waals surface area (Å²) in [4.78, 5) is 9.06. The first-order chi connectivity index (χ1) is 15.9. The second-order valence-electron chi connectivity index (χ2n) is 10.8. The summed E-state index contributed by atoms with van der Waals surface area (Å²) >= 11 is 6.38. The maximum atomic E-state index is 11.0. The van der Waals surface area contributed by atoms with Gasteiger partial charge in [-0.25, -0.2) is 4.98 Å². The monoisotopic (exact) mass is 474 g/mol. The van der Waals surface area contributed by atoms with Crippen LogP contribution in [0, 0.1) is 0 Å². The van der Waals surface area contributed by atoms with Gasteiger partial charge in [0.2, 0.25) is 0 Å². The van der Waals surface area contributed by atoms with Crippen LogP contribution in [0.25, 0.3) is 23.3 Å². The third-order valence-electron chi connectivity index (χ3n) is 5.79. The Hall–Kier alpha value is -3.11. The first-order valence-electron chi connectivity index (χ1n) is 11.5. The normalized spacial score (nSPS) is 12.7. The molecule has 0 aliphatic rings. The highest BCUT2D eigenvalue weighted by atomic mass is 35.5. The van der Waals surface area contributed by atoms with Gasteiger partial charge in [0.25, 0.3) is 0 Å². The Balaban J connectivity index is 1.75. The minimum absolute atomic E-state index is 0.196. The number of hydrogen-bond acceptors (Lipinski definition) is 4. The maximum Gasteiger partial charge on any atom is 0.199 e. The number of halogens is 1. The van der Waals surface area contributed by atoms with Gasteiger partial charge in [-0.05, 0) is 63.9 Å². The van der Waals surface area contributed by atoms with Crippen molar-refractivity contribution in [1.29, 1.82) is 0 Å². The highest BCUT2D eigenvalue weighted by Crippen LogP contribution is 2.40. The number of pyridine rings is 1. The van der Waals surface area contributed by atoms with Crippen LogP contribution >= 0.6 is 11.6 Å². The molecule has 0 bridgehead atoms. The lowest BCUT2D eigenvalue weighted by Crippen LogP contribution is -2.18. The smallest absolute Gasteiger partial charge is 0.199 e. The van der Waals surface area contributed by atoms with Gasteiger partial charge in [0.1, 0.15) is 11.3 Å². The topological polar surface area (TPSA) is 59.2 Å². The van der Waals surface area contributed by atoms with E-state index in [0.717, 1.165) is 27.9 Å². The first kappa shape index (κ1) is 24.0. The summed E-state index contributed by atoms with van der Waals surface area (Å²) in [7, 11) is 0. The summed E-state index contributed by atoms with van der Waals surface area (Å²) in [5.74, 6) is 0.977. The minimum atomic E-state index is -0.196. The van der Waals surface area contributed by atoms with E-state index in [1.54, 1.807) is 6.20 Å². The van der Waals surface area contributed by atoms with Crippen LogP contribution < -0.4 is 0 Å². The fourth-order valence-corrected chi connectivity index (χ4v) is 4.25. The van der Waals surface area contributed by atoms with Crippen molar-refractivity contribution in [2.45, 2.75) is 58.8 Å². The molecule has 0 saturated heterocycles. The predicted molar refractivity (Wildman–Crippen MR) is 140 cm³/mol. The second-order valence-corrected chi connectivity index (χ2v) is 11.2. The second kappa shape index (κ2) is 8.92. The molecule has 4 rings (SSSR count). The number of oxazole rings is 1. The van der Waals surface area contributed by atoms with E-state index in [2.05, 4.69) is 58.7 Å². The van der Waals surface area contributed by atoms with Gasteiger partial charge in [-0.15, -0.1) is 0 Å². The van der Waals surface area contributed by atoms with Gasteiger partial charge in [0, 0.05) is 23.2 Å². The number of aromatic nitrogens is 2. The highest BCUT2D eigenvalue weighted by molar-refractivity contribution is 6.31. The van der Waals surface area contributed by atoms with Crippen molar-refractivity contribution in [3.05, 3.63) is 87.5 Å². The van der Waals surface area contributed by atoms with Crippen molar-refractivity contribution in [2.24, 2.45) is 0 Å². The van der Waals surface area contributed by atoms with Gasteiger partial charge in [-0.3, -0.25) is 4.98 Å². The van der Waals surface area contributed by atoms with E-state index in [0.29, 0.717) is 34.2 Å². The zero-order valence-corrected chi connectivity index (χ0v) is 21.4. The predicted octanol–water partition coefficient (Wildman–Crippen LogP) is 7.94. The van der Waals surface area contributed by atoms with Crippen LogP contribution in [-0.4, -0.2) is 15.1 Å². The molecular weight excluding hydrogens is 444 g/mol.